The molecule has 0 saturated carbocycles. The second kappa shape index (κ2) is 13.1. The fourth-order valence-corrected chi connectivity index (χ4v) is 4.23. The molecule has 5 nitrogen and oxygen atoms in total. The number of amides is 1. The van der Waals surface area contributed by atoms with Gasteiger partial charge in [-0.15, -0.1) is 0 Å². The van der Waals surface area contributed by atoms with Crippen LogP contribution in [0.1, 0.15) is 35.6 Å². The van der Waals surface area contributed by atoms with Gasteiger partial charge in [0.1, 0.15) is 30.5 Å². The lowest BCUT2D eigenvalue weighted by molar-refractivity contribution is 0.191. The first kappa shape index (κ1) is 26.5. The Hall–Kier alpha value is -4.58. The molecule has 0 aromatic heterocycles. The Kier molecular flexibility index (Phi) is 9.13. The van der Waals surface area contributed by atoms with Gasteiger partial charge in [-0.3, -0.25) is 0 Å². The lowest BCUT2D eigenvalue weighted by Crippen LogP contribution is -2.26. The van der Waals surface area contributed by atoms with Crippen LogP contribution in [0.4, 0.5) is 9.18 Å². The maximum atomic E-state index is 15.7. The molecule has 38 heavy (non-hydrogen) atoms. The Morgan fingerprint density at radius 3 is 2.11 bits per heavy atom. The van der Waals surface area contributed by atoms with Crippen molar-refractivity contribution in [3.8, 4) is 11.5 Å². The third-order valence-electron chi connectivity index (χ3n) is 6.03. The molecule has 0 atom stereocenters. The van der Waals surface area contributed by atoms with Gasteiger partial charge in [0.05, 0.1) is 6.54 Å². The molecule has 0 saturated heterocycles. The number of carboxylic acid groups (broad SMARTS) is 1. The van der Waals surface area contributed by atoms with Gasteiger partial charge in [-0.25, -0.2) is 9.18 Å². The van der Waals surface area contributed by atoms with E-state index in [1.165, 1.54) is 6.07 Å². The molecule has 0 bridgehead atoms. The minimum Gasteiger partial charge on any atom is -0.492 e. The van der Waals surface area contributed by atoms with Crippen LogP contribution >= 0.6 is 0 Å². The molecular weight excluding hydrogens is 481 g/mol. The van der Waals surface area contributed by atoms with Crippen molar-refractivity contribution in [2.24, 2.45) is 0 Å². The third kappa shape index (κ3) is 7.01. The van der Waals surface area contributed by atoms with Crippen LogP contribution in [0.3, 0.4) is 0 Å². The number of ether oxygens (including phenoxy) is 2. The summed E-state index contributed by atoms with van der Waals surface area (Å²) in [6.45, 7) is 2.80. The summed E-state index contributed by atoms with van der Waals surface area (Å²) in [4.78, 5) is 10.6. The quantitative estimate of drug-likeness (QED) is 0.162. The van der Waals surface area contributed by atoms with Crippen molar-refractivity contribution >= 4 is 17.2 Å². The predicted molar refractivity (Wildman–Crippen MR) is 148 cm³/mol. The summed E-state index contributed by atoms with van der Waals surface area (Å²) in [7, 11) is 0. The second-order valence-electron chi connectivity index (χ2n) is 8.59. The summed E-state index contributed by atoms with van der Waals surface area (Å²) < 4.78 is 27.2. The third-order valence-corrected chi connectivity index (χ3v) is 6.03. The fraction of sp³-hybridized carbons (Fsp3) is 0.156. The van der Waals surface area contributed by atoms with E-state index in [9.17, 15) is 4.79 Å². The molecule has 0 heterocycles. The SMILES string of the molecule is CCC(=C(c1ccc(OCCNC(=O)O)cc1)c1ccc(OCc2ccccc2)cc1F)c1ccccc1. The van der Waals surface area contributed by atoms with Gasteiger partial charge in [0.2, 0.25) is 0 Å². The molecule has 0 radical (unpaired) electrons. The first-order valence-electron chi connectivity index (χ1n) is 12.5. The van der Waals surface area contributed by atoms with E-state index in [1.807, 2.05) is 84.9 Å². The molecule has 4 aromatic rings. The van der Waals surface area contributed by atoms with Gasteiger partial charge in [-0.05, 0) is 58.5 Å². The monoisotopic (exact) mass is 511 g/mol. The smallest absolute Gasteiger partial charge is 0.404 e. The first-order valence-corrected chi connectivity index (χ1v) is 12.5. The Balaban J connectivity index is 1.65. The molecule has 0 fully saturated rings. The van der Waals surface area contributed by atoms with E-state index in [2.05, 4.69) is 12.2 Å². The minimum absolute atomic E-state index is 0.181. The van der Waals surface area contributed by atoms with Crippen molar-refractivity contribution in [1.82, 2.24) is 5.32 Å². The van der Waals surface area contributed by atoms with Gasteiger partial charge in [0.25, 0.3) is 0 Å². The predicted octanol–water partition coefficient (Wildman–Crippen LogP) is 7.42. The number of nitrogens with one attached hydrogen (secondary N) is 1. The minimum atomic E-state index is -1.09. The summed E-state index contributed by atoms with van der Waals surface area (Å²) >= 11 is 0. The lowest BCUT2D eigenvalue weighted by atomic mass is 9.88. The first-order chi connectivity index (χ1) is 18.5. The zero-order valence-electron chi connectivity index (χ0n) is 21.2. The Morgan fingerprint density at radius 2 is 1.47 bits per heavy atom. The highest BCUT2D eigenvalue weighted by Gasteiger charge is 2.17. The molecule has 0 aliphatic rings. The normalized spacial score (nSPS) is 11.4. The molecule has 0 spiro atoms. The molecule has 4 rings (SSSR count). The molecule has 1 amide bonds. The second-order valence-corrected chi connectivity index (χ2v) is 8.59. The number of carbonyl (C=O) groups is 1. The highest BCUT2D eigenvalue weighted by Crippen LogP contribution is 2.37. The maximum Gasteiger partial charge on any atom is 0.404 e. The number of halogens is 1. The number of allylic oxidation sites excluding steroid dienone is 1. The summed E-state index contributed by atoms with van der Waals surface area (Å²) in [6, 6.07) is 32.1. The molecule has 4 aromatic carbocycles. The highest BCUT2D eigenvalue weighted by atomic mass is 19.1. The summed E-state index contributed by atoms with van der Waals surface area (Å²) in [5.41, 5.74) is 5.17. The summed E-state index contributed by atoms with van der Waals surface area (Å²) in [5.74, 6) is 0.696. The van der Waals surface area contributed by atoms with Crippen molar-refractivity contribution in [1.29, 1.82) is 0 Å². The van der Waals surface area contributed by atoms with Crippen LogP contribution in [0.5, 0.6) is 11.5 Å². The van der Waals surface area contributed by atoms with Crippen LogP contribution in [0.15, 0.2) is 103 Å². The van der Waals surface area contributed by atoms with Crippen molar-refractivity contribution in [2.75, 3.05) is 13.2 Å². The van der Waals surface area contributed by atoms with Crippen LogP contribution in [-0.4, -0.2) is 24.4 Å². The highest BCUT2D eigenvalue weighted by molar-refractivity contribution is 5.98. The standard InChI is InChI=1S/C32H30FNO4/c1-2-28(24-11-7-4-8-12-24)31(25-13-15-26(16-14-25)37-20-19-34-32(35)36)29-18-17-27(21-30(29)33)38-22-23-9-5-3-6-10-23/h3-18,21,34H,2,19-20,22H2,1H3,(H,35,36). The van der Waals surface area contributed by atoms with Gasteiger partial charge >= 0.3 is 6.09 Å². The maximum absolute atomic E-state index is 15.7. The van der Waals surface area contributed by atoms with Crippen molar-refractivity contribution in [3.05, 3.63) is 131 Å². The van der Waals surface area contributed by atoms with E-state index in [4.69, 9.17) is 14.6 Å². The van der Waals surface area contributed by atoms with E-state index >= 15 is 4.39 Å². The number of rotatable bonds is 11. The van der Waals surface area contributed by atoms with Crippen LogP contribution in [0, 0.1) is 5.82 Å². The van der Waals surface area contributed by atoms with Gasteiger partial charge in [0.15, 0.2) is 0 Å². The van der Waals surface area contributed by atoms with Crippen LogP contribution < -0.4 is 14.8 Å². The van der Waals surface area contributed by atoms with Crippen molar-refractivity contribution in [2.45, 2.75) is 20.0 Å². The van der Waals surface area contributed by atoms with Crippen LogP contribution in [0.2, 0.25) is 0 Å². The van der Waals surface area contributed by atoms with Gasteiger partial charge in [0, 0.05) is 11.6 Å². The van der Waals surface area contributed by atoms with Crippen LogP contribution in [0.25, 0.3) is 11.1 Å². The zero-order valence-corrected chi connectivity index (χ0v) is 21.2. The molecule has 6 heteroatoms. The van der Waals surface area contributed by atoms with Crippen LogP contribution in [-0.2, 0) is 6.61 Å². The van der Waals surface area contributed by atoms with Crippen molar-refractivity contribution in [3.63, 3.8) is 0 Å². The average molecular weight is 512 g/mol. The van der Waals surface area contributed by atoms with Crippen molar-refractivity contribution < 1.29 is 23.8 Å². The zero-order chi connectivity index (χ0) is 26.7. The van der Waals surface area contributed by atoms with E-state index in [0.29, 0.717) is 30.1 Å². The van der Waals surface area contributed by atoms with E-state index in [1.54, 1.807) is 12.1 Å². The molecule has 0 aliphatic heterocycles. The lowest BCUT2D eigenvalue weighted by Gasteiger charge is -2.18. The Labute approximate surface area is 222 Å². The Bertz CT molecular complexity index is 1370. The molecule has 2 N–H and O–H groups in total. The van der Waals surface area contributed by atoms with Gasteiger partial charge in [-0.1, -0.05) is 79.7 Å². The molecule has 0 unspecified atom stereocenters. The van der Waals surface area contributed by atoms with E-state index in [0.717, 1.165) is 27.8 Å². The average Bonchev–Trinajstić information content (AvgIpc) is 2.95. The van der Waals surface area contributed by atoms with E-state index in [-0.39, 0.29) is 19.0 Å². The molecule has 194 valence electrons. The van der Waals surface area contributed by atoms with Gasteiger partial charge in [-0.2, -0.15) is 0 Å². The fourth-order valence-electron chi connectivity index (χ4n) is 4.23. The number of benzene rings is 4. The molecule has 0 aliphatic carbocycles. The summed E-state index contributed by atoms with van der Waals surface area (Å²) in [6.07, 6.45) is -0.394. The molecular formula is C32H30FNO4. The Morgan fingerprint density at radius 1 is 0.816 bits per heavy atom. The van der Waals surface area contributed by atoms with E-state index < -0.39 is 6.09 Å². The van der Waals surface area contributed by atoms with Gasteiger partial charge < -0.3 is 19.9 Å². The number of hydrogen-bond donors (Lipinski definition) is 2. The summed E-state index contributed by atoms with van der Waals surface area (Å²) in [5, 5.41) is 11.0. The topological polar surface area (TPSA) is 67.8 Å². The largest absolute Gasteiger partial charge is 0.492 e. The number of hydrogen-bond acceptors (Lipinski definition) is 3.